The average Bonchev–Trinajstić information content (AvgIpc) is 2.81. The zero-order chi connectivity index (χ0) is 17.1. The fraction of sp³-hybridized carbons (Fsp3) is 0.533. The van der Waals surface area contributed by atoms with Crippen molar-refractivity contribution in [2.45, 2.75) is 26.7 Å². The summed E-state index contributed by atoms with van der Waals surface area (Å²) in [5.74, 6) is -1.46. The molecule has 4 N–H and O–H groups in total. The van der Waals surface area contributed by atoms with E-state index < -0.39 is 11.9 Å². The van der Waals surface area contributed by atoms with Gasteiger partial charge in [0.1, 0.15) is 5.00 Å². The zero-order valence-corrected chi connectivity index (χ0v) is 14.1. The van der Waals surface area contributed by atoms with Crippen molar-refractivity contribution in [3.8, 4) is 0 Å². The van der Waals surface area contributed by atoms with Gasteiger partial charge >= 0.3 is 5.97 Å². The molecule has 7 nitrogen and oxygen atoms in total. The van der Waals surface area contributed by atoms with Gasteiger partial charge in [0.05, 0.1) is 23.0 Å². The van der Waals surface area contributed by atoms with Crippen molar-refractivity contribution in [2.24, 2.45) is 11.7 Å². The second-order valence-electron chi connectivity index (χ2n) is 5.51. The van der Waals surface area contributed by atoms with Gasteiger partial charge in [-0.2, -0.15) is 0 Å². The lowest BCUT2D eigenvalue weighted by molar-refractivity contribution is -0.123. The van der Waals surface area contributed by atoms with E-state index in [0.717, 1.165) is 17.8 Å². The Balaban J connectivity index is 2.24. The molecule has 2 rings (SSSR count). The number of esters is 1. The van der Waals surface area contributed by atoms with Crippen LogP contribution in [0.15, 0.2) is 0 Å². The molecule has 0 bridgehead atoms. The standard InChI is InChI=1S/C15H21N3O4S/c1-3-22-15(21)10-8(2)11(23-13(10)17)14(20)18-6-4-5-9(7-18)12(16)19/h9H,3-7,17H2,1-2H3,(H2,16,19)/t9-/m0/s1. The molecule has 1 aromatic rings. The van der Waals surface area contributed by atoms with Crippen LogP contribution in [0.5, 0.6) is 0 Å². The van der Waals surface area contributed by atoms with Crippen molar-refractivity contribution in [1.82, 2.24) is 4.90 Å². The molecular weight excluding hydrogens is 318 g/mol. The van der Waals surface area contributed by atoms with Gasteiger partial charge in [0, 0.05) is 13.1 Å². The first-order valence-electron chi connectivity index (χ1n) is 7.51. The summed E-state index contributed by atoms with van der Waals surface area (Å²) in [6.07, 6.45) is 1.42. The van der Waals surface area contributed by atoms with E-state index in [-0.39, 0.29) is 29.0 Å². The lowest BCUT2D eigenvalue weighted by Gasteiger charge is -2.31. The minimum atomic E-state index is -0.522. The van der Waals surface area contributed by atoms with E-state index in [1.165, 1.54) is 0 Å². The number of carbonyl (C=O) groups is 3. The van der Waals surface area contributed by atoms with Gasteiger partial charge < -0.3 is 21.1 Å². The molecule has 0 aromatic carbocycles. The Kier molecular flexibility index (Phi) is 5.25. The van der Waals surface area contributed by atoms with Crippen LogP contribution < -0.4 is 11.5 Å². The van der Waals surface area contributed by atoms with E-state index in [1.807, 2.05) is 0 Å². The Labute approximate surface area is 138 Å². The first-order chi connectivity index (χ1) is 10.9. The van der Waals surface area contributed by atoms with Crippen molar-refractivity contribution in [1.29, 1.82) is 0 Å². The first kappa shape index (κ1) is 17.3. The number of likely N-dealkylation sites (tertiary alicyclic amines) is 1. The molecule has 0 radical (unpaired) electrons. The summed E-state index contributed by atoms with van der Waals surface area (Å²) >= 11 is 1.08. The number of rotatable bonds is 4. The molecule has 1 aliphatic rings. The molecule has 1 fully saturated rings. The van der Waals surface area contributed by atoms with Crippen LogP contribution in [0.25, 0.3) is 0 Å². The molecule has 0 spiro atoms. The molecule has 1 atom stereocenters. The van der Waals surface area contributed by atoms with E-state index >= 15 is 0 Å². The molecule has 2 heterocycles. The fourth-order valence-corrected chi connectivity index (χ4v) is 3.76. The van der Waals surface area contributed by atoms with Gasteiger partial charge in [0.2, 0.25) is 5.91 Å². The summed E-state index contributed by atoms with van der Waals surface area (Å²) < 4.78 is 4.98. The van der Waals surface area contributed by atoms with Crippen molar-refractivity contribution < 1.29 is 19.1 Å². The van der Waals surface area contributed by atoms with Gasteiger partial charge in [-0.3, -0.25) is 9.59 Å². The number of anilines is 1. The van der Waals surface area contributed by atoms with Crippen molar-refractivity contribution >= 4 is 34.1 Å². The van der Waals surface area contributed by atoms with Gasteiger partial charge in [0.25, 0.3) is 5.91 Å². The van der Waals surface area contributed by atoms with E-state index in [2.05, 4.69) is 0 Å². The second kappa shape index (κ2) is 6.99. The van der Waals surface area contributed by atoms with Crippen molar-refractivity contribution in [2.75, 3.05) is 25.4 Å². The van der Waals surface area contributed by atoms with E-state index in [1.54, 1.807) is 18.7 Å². The van der Waals surface area contributed by atoms with Crippen LogP contribution in [0.2, 0.25) is 0 Å². The lowest BCUT2D eigenvalue weighted by atomic mass is 9.97. The van der Waals surface area contributed by atoms with Gasteiger partial charge in [-0.05, 0) is 32.3 Å². The maximum atomic E-state index is 12.7. The smallest absolute Gasteiger partial charge is 0.341 e. The maximum Gasteiger partial charge on any atom is 0.341 e. The Morgan fingerprint density at radius 1 is 1.39 bits per heavy atom. The van der Waals surface area contributed by atoms with Crippen molar-refractivity contribution in [3.63, 3.8) is 0 Å². The Bertz CT molecular complexity index is 641. The molecule has 126 valence electrons. The quantitative estimate of drug-likeness (QED) is 0.798. The van der Waals surface area contributed by atoms with Gasteiger partial charge in [-0.15, -0.1) is 11.3 Å². The summed E-state index contributed by atoms with van der Waals surface area (Å²) in [6, 6.07) is 0. The second-order valence-corrected chi connectivity index (χ2v) is 6.56. The van der Waals surface area contributed by atoms with Crippen LogP contribution >= 0.6 is 11.3 Å². The van der Waals surface area contributed by atoms with E-state index in [9.17, 15) is 14.4 Å². The molecule has 0 saturated carbocycles. The highest BCUT2D eigenvalue weighted by Crippen LogP contribution is 2.33. The number of ether oxygens (including phenoxy) is 1. The summed E-state index contributed by atoms with van der Waals surface area (Å²) in [6.45, 7) is 4.50. The number of nitrogens with two attached hydrogens (primary N) is 2. The molecule has 1 aliphatic heterocycles. The predicted molar refractivity (Wildman–Crippen MR) is 87.2 cm³/mol. The van der Waals surface area contributed by atoms with E-state index in [4.69, 9.17) is 16.2 Å². The average molecular weight is 339 g/mol. The zero-order valence-electron chi connectivity index (χ0n) is 13.3. The highest BCUT2D eigenvalue weighted by Gasteiger charge is 2.31. The third-order valence-electron chi connectivity index (χ3n) is 3.96. The Hall–Kier alpha value is -2.09. The van der Waals surface area contributed by atoms with Crippen LogP contribution in [0, 0.1) is 12.8 Å². The molecule has 1 aromatic heterocycles. The summed E-state index contributed by atoms with van der Waals surface area (Å²) in [7, 11) is 0. The predicted octanol–water partition coefficient (Wildman–Crippen LogP) is 1.15. The molecule has 1 saturated heterocycles. The summed E-state index contributed by atoms with van der Waals surface area (Å²) in [5, 5.41) is 0.271. The molecule has 0 aliphatic carbocycles. The van der Waals surface area contributed by atoms with E-state index in [0.29, 0.717) is 30.0 Å². The summed E-state index contributed by atoms with van der Waals surface area (Å²) in [5.41, 5.74) is 12.0. The van der Waals surface area contributed by atoms with Gasteiger partial charge in [-0.1, -0.05) is 0 Å². The minimum Gasteiger partial charge on any atom is -0.462 e. The van der Waals surface area contributed by atoms with Gasteiger partial charge in [0.15, 0.2) is 0 Å². The fourth-order valence-electron chi connectivity index (χ4n) is 2.73. The largest absolute Gasteiger partial charge is 0.462 e. The topological polar surface area (TPSA) is 116 Å². The van der Waals surface area contributed by atoms with Crippen LogP contribution in [0.1, 0.15) is 45.4 Å². The number of carbonyl (C=O) groups excluding carboxylic acids is 3. The molecule has 2 amide bonds. The maximum absolute atomic E-state index is 12.7. The third-order valence-corrected chi connectivity index (χ3v) is 5.07. The molecular formula is C15H21N3O4S. The number of thiophene rings is 1. The third kappa shape index (κ3) is 3.47. The lowest BCUT2D eigenvalue weighted by Crippen LogP contribution is -2.44. The SMILES string of the molecule is CCOC(=O)c1c(N)sc(C(=O)N2CCC[C@H](C(N)=O)C2)c1C. The van der Waals surface area contributed by atoms with Crippen LogP contribution in [0.3, 0.4) is 0 Å². The number of piperidine rings is 1. The number of nitrogen functional groups attached to an aromatic ring is 1. The molecule has 8 heteroatoms. The van der Waals surface area contributed by atoms with Crippen molar-refractivity contribution in [3.05, 3.63) is 16.0 Å². The van der Waals surface area contributed by atoms with Crippen LogP contribution in [-0.2, 0) is 9.53 Å². The monoisotopic (exact) mass is 339 g/mol. The molecule has 0 unspecified atom stereocenters. The number of hydrogen-bond acceptors (Lipinski definition) is 6. The van der Waals surface area contributed by atoms with Crippen LogP contribution in [-0.4, -0.2) is 42.4 Å². The van der Waals surface area contributed by atoms with Crippen LogP contribution in [0.4, 0.5) is 5.00 Å². The minimum absolute atomic E-state index is 0.222. The number of amides is 2. The van der Waals surface area contributed by atoms with Gasteiger partial charge in [-0.25, -0.2) is 4.79 Å². The Morgan fingerprint density at radius 3 is 2.70 bits per heavy atom. The summed E-state index contributed by atoms with van der Waals surface area (Å²) in [4.78, 5) is 38.0. The highest BCUT2D eigenvalue weighted by molar-refractivity contribution is 7.18. The highest BCUT2D eigenvalue weighted by atomic mass is 32.1. The first-order valence-corrected chi connectivity index (χ1v) is 8.33. The molecule has 23 heavy (non-hydrogen) atoms. The number of primary amides is 1. The number of nitrogens with zero attached hydrogens (tertiary/aromatic N) is 1. The Morgan fingerprint density at radius 2 is 2.09 bits per heavy atom. The normalized spacial score (nSPS) is 17.8. The number of hydrogen-bond donors (Lipinski definition) is 2.